The molecular weight excluding hydrogens is 295 g/mol. The monoisotopic (exact) mass is 311 g/mol. The van der Waals surface area contributed by atoms with Crippen LogP contribution in [0.15, 0.2) is 30.3 Å². The van der Waals surface area contributed by atoms with Gasteiger partial charge in [0.05, 0.1) is 17.9 Å². The molecule has 0 saturated carbocycles. The Morgan fingerprint density at radius 1 is 1.18 bits per heavy atom. The van der Waals surface area contributed by atoms with Crippen molar-refractivity contribution in [1.29, 1.82) is 0 Å². The molecule has 6 heteroatoms. The van der Waals surface area contributed by atoms with Crippen LogP contribution in [0, 0.1) is 13.8 Å². The Balaban J connectivity index is 2.56. The number of pyridine rings is 1. The number of aliphatic hydroxyl groups excluding tert-OH is 1. The van der Waals surface area contributed by atoms with E-state index in [-0.39, 0.29) is 30.4 Å². The van der Waals surface area contributed by atoms with Gasteiger partial charge in [0.15, 0.2) is 0 Å². The third-order valence-corrected chi connectivity index (χ3v) is 3.33. The first-order valence-electron chi connectivity index (χ1n) is 6.73. The lowest BCUT2D eigenvalue weighted by molar-refractivity contribution is -0.137. The van der Waals surface area contributed by atoms with Crippen molar-refractivity contribution < 1.29 is 23.0 Å². The SMILES string of the molecule is Cc1cc(-c2ccccc2C(F)(F)F)nc(OCCO)c1C. The average molecular weight is 311 g/mol. The van der Waals surface area contributed by atoms with Crippen molar-refractivity contribution in [3.8, 4) is 17.1 Å². The van der Waals surface area contributed by atoms with E-state index < -0.39 is 11.7 Å². The molecule has 118 valence electrons. The van der Waals surface area contributed by atoms with Crippen LogP contribution in [0.5, 0.6) is 5.88 Å². The minimum Gasteiger partial charge on any atom is -0.475 e. The summed E-state index contributed by atoms with van der Waals surface area (Å²) in [6.07, 6.45) is -4.46. The summed E-state index contributed by atoms with van der Waals surface area (Å²) in [7, 11) is 0. The summed E-state index contributed by atoms with van der Waals surface area (Å²) in [4.78, 5) is 4.18. The average Bonchev–Trinajstić information content (AvgIpc) is 2.47. The summed E-state index contributed by atoms with van der Waals surface area (Å²) in [5.74, 6) is 0.237. The van der Waals surface area contributed by atoms with Crippen LogP contribution in [-0.4, -0.2) is 23.3 Å². The van der Waals surface area contributed by atoms with Gasteiger partial charge >= 0.3 is 6.18 Å². The predicted molar refractivity (Wildman–Crippen MR) is 76.7 cm³/mol. The van der Waals surface area contributed by atoms with Crippen LogP contribution in [-0.2, 0) is 6.18 Å². The van der Waals surface area contributed by atoms with Crippen molar-refractivity contribution in [2.24, 2.45) is 0 Å². The Bertz CT molecular complexity index is 669. The van der Waals surface area contributed by atoms with Gasteiger partial charge in [0.2, 0.25) is 5.88 Å². The summed E-state index contributed by atoms with van der Waals surface area (Å²) in [6, 6.07) is 6.90. The van der Waals surface area contributed by atoms with Gasteiger partial charge in [0.1, 0.15) is 6.61 Å². The molecule has 0 unspecified atom stereocenters. The van der Waals surface area contributed by atoms with Crippen molar-refractivity contribution in [3.05, 3.63) is 47.0 Å². The summed E-state index contributed by atoms with van der Waals surface area (Å²) in [5.41, 5.74) is 0.978. The molecule has 0 radical (unpaired) electrons. The van der Waals surface area contributed by atoms with Crippen molar-refractivity contribution >= 4 is 0 Å². The molecule has 1 aromatic heterocycles. The zero-order valence-electron chi connectivity index (χ0n) is 12.2. The van der Waals surface area contributed by atoms with E-state index in [2.05, 4.69) is 4.98 Å². The second-order valence-electron chi connectivity index (χ2n) is 4.87. The molecule has 0 atom stereocenters. The maximum absolute atomic E-state index is 13.1. The van der Waals surface area contributed by atoms with Crippen LogP contribution in [0.25, 0.3) is 11.3 Å². The van der Waals surface area contributed by atoms with E-state index in [0.29, 0.717) is 0 Å². The molecule has 0 amide bonds. The Kier molecular flexibility index (Phi) is 4.71. The van der Waals surface area contributed by atoms with E-state index in [4.69, 9.17) is 9.84 Å². The molecule has 0 spiro atoms. The maximum Gasteiger partial charge on any atom is 0.417 e. The molecule has 22 heavy (non-hydrogen) atoms. The van der Waals surface area contributed by atoms with E-state index in [1.54, 1.807) is 19.9 Å². The van der Waals surface area contributed by atoms with Crippen LogP contribution < -0.4 is 4.74 Å². The van der Waals surface area contributed by atoms with Crippen LogP contribution in [0.4, 0.5) is 13.2 Å². The van der Waals surface area contributed by atoms with E-state index in [1.165, 1.54) is 18.2 Å². The Labute approximate surface area is 126 Å². The first kappa shape index (κ1) is 16.3. The number of hydrogen-bond acceptors (Lipinski definition) is 3. The van der Waals surface area contributed by atoms with Gasteiger partial charge in [0, 0.05) is 11.1 Å². The van der Waals surface area contributed by atoms with Gasteiger partial charge in [-0.3, -0.25) is 0 Å². The molecule has 2 aromatic rings. The Morgan fingerprint density at radius 3 is 2.50 bits per heavy atom. The van der Waals surface area contributed by atoms with Gasteiger partial charge < -0.3 is 9.84 Å². The number of nitrogens with zero attached hydrogens (tertiary/aromatic N) is 1. The van der Waals surface area contributed by atoms with Gasteiger partial charge in [-0.1, -0.05) is 18.2 Å². The number of hydrogen-bond donors (Lipinski definition) is 1. The Morgan fingerprint density at radius 2 is 1.86 bits per heavy atom. The lowest BCUT2D eigenvalue weighted by Crippen LogP contribution is -2.09. The zero-order chi connectivity index (χ0) is 16.3. The summed E-state index contributed by atoms with van der Waals surface area (Å²) < 4.78 is 44.7. The largest absolute Gasteiger partial charge is 0.475 e. The van der Waals surface area contributed by atoms with Gasteiger partial charge in [0.25, 0.3) is 0 Å². The van der Waals surface area contributed by atoms with Gasteiger partial charge in [-0.05, 0) is 31.5 Å². The van der Waals surface area contributed by atoms with Gasteiger partial charge in [-0.25, -0.2) is 4.98 Å². The number of ether oxygens (including phenoxy) is 1. The fourth-order valence-electron chi connectivity index (χ4n) is 2.08. The van der Waals surface area contributed by atoms with Gasteiger partial charge in [-0.2, -0.15) is 13.2 Å². The third kappa shape index (κ3) is 3.39. The summed E-state index contributed by atoms with van der Waals surface area (Å²) >= 11 is 0. The number of aromatic nitrogens is 1. The fourth-order valence-corrected chi connectivity index (χ4v) is 2.08. The molecule has 0 aliphatic heterocycles. The number of rotatable bonds is 4. The predicted octanol–water partition coefficient (Wildman–Crippen LogP) is 3.76. The smallest absolute Gasteiger partial charge is 0.417 e. The highest BCUT2D eigenvalue weighted by Gasteiger charge is 2.33. The van der Waals surface area contributed by atoms with Crippen molar-refractivity contribution in [2.45, 2.75) is 20.0 Å². The standard InChI is InChI=1S/C16H16F3NO2/c1-10-9-14(20-15(11(10)2)22-8-7-21)12-5-3-4-6-13(12)16(17,18)19/h3-6,9,21H,7-8H2,1-2H3. The molecular formula is C16H16F3NO2. The molecule has 0 aliphatic rings. The van der Waals surface area contributed by atoms with E-state index >= 15 is 0 Å². The highest BCUT2D eigenvalue weighted by molar-refractivity contribution is 5.66. The first-order valence-corrected chi connectivity index (χ1v) is 6.73. The molecule has 0 aliphatic carbocycles. The second kappa shape index (κ2) is 6.36. The maximum atomic E-state index is 13.1. The molecule has 3 nitrogen and oxygen atoms in total. The minimum absolute atomic E-state index is 0.00643. The van der Waals surface area contributed by atoms with Crippen LogP contribution >= 0.6 is 0 Å². The van der Waals surface area contributed by atoms with Crippen LogP contribution in [0.2, 0.25) is 0 Å². The molecule has 0 saturated heterocycles. The highest BCUT2D eigenvalue weighted by atomic mass is 19.4. The minimum atomic E-state index is -4.46. The molecule has 1 heterocycles. The first-order chi connectivity index (χ1) is 10.3. The number of alkyl halides is 3. The number of aryl methyl sites for hydroxylation is 1. The zero-order valence-corrected chi connectivity index (χ0v) is 12.2. The normalized spacial score (nSPS) is 11.5. The molecule has 0 bridgehead atoms. The van der Waals surface area contributed by atoms with Crippen molar-refractivity contribution in [1.82, 2.24) is 4.98 Å². The summed E-state index contributed by atoms with van der Waals surface area (Å²) in [5, 5.41) is 8.82. The fraction of sp³-hybridized carbons (Fsp3) is 0.312. The van der Waals surface area contributed by atoms with Crippen LogP contribution in [0.1, 0.15) is 16.7 Å². The number of benzene rings is 1. The molecule has 0 fully saturated rings. The molecule has 1 N–H and O–H groups in total. The van der Waals surface area contributed by atoms with E-state index in [0.717, 1.165) is 17.2 Å². The van der Waals surface area contributed by atoms with Crippen molar-refractivity contribution in [2.75, 3.05) is 13.2 Å². The number of aliphatic hydroxyl groups is 1. The molecule has 1 aromatic carbocycles. The highest BCUT2D eigenvalue weighted by Crippen LogP contribution is 2.37. The molecule has 2 rings (SSSR count). The lowest BCUT2D eigenvalue weighted by Gasteiger charge is -2.15. The quantitative estimate of drug-likeness (QED) is 0.935. The topological polar surface area (TPSA) is 42.4 Å². The summed E-state index contributed by atoms with van der Waals surface area (Å²) in [6.45, 7) is 3.40. The van der Waals surface area contributed by atoms with Crippen molar-refractivity contribution in [3.63, 3.8) is 0 Å². The van der Waals surface area contributed by atoms with E-state index in [1.807, 2.05) is 0 Å². The lowest BCUT2D eigenvalue weighted by atomic mass is 10.0. The third-order valence-electron chi connectivity index (χ3n) is 3.33. The Hall–Kier alpha value is -2.08. The number of halogens is 3. The van der Waals surface area contributed by atoms with Gasteiger partial charge in [-0.15, -0.1) is 0 Å². The van der Waals surface area contributed by atoms with E-state index in [9.17, 15) is 13.2 Å². The second-order valence-corrected chi connectivity index (χ2v) is 4.87. The van der Waals surface area contributed by atoms with Crippen LogP contribution in [0.3, 0.4) is 0 Å².